The molecule has 3 N–H and O–H groups in total. The minimum atomic E-state index is 0.00760. The third kappa shape index (κ3) is 3.49. The molecule has 0 aliphatic heterocycles. The predicted octanol–water partition coefficient (Wildman–Crippen LogP) is 3.55. The molecule has 0 aliphatic carbocycles. The van der Waals surface area contributed by atoms with E-state index in [4.69, 9.17) is 29.6 Å². The Balaban J connectivity index is 2.35. The number of nitrogens with two attached hydrogens (primary N) is 1. The van der Waals surface area contributed by atoms with E-state index >= 15 is 0 Å². The highest BCUT2D eigenvalue weighted by atomic mass is 35.5. The van der Waals surface area contributed by atoms with Gasteiger partial charge in [-0.2, -0.15) is 5.10 Å². The minimum absolute atomic E-state index is 0.00760. The maximum Gasteiger partial charge on any atom is 0.159 e. The van der Waals surface area contributed by atoms with Crippen molar-refractivity contribution < 1.29 is 0 Å². The first-order valence-corrected chi connectivity index (χ1v) is 7.34. The van der Waals surface area contributed by atoms with Crippen molar-refractivity contribution in [2.24, 2.45) is 5.73 Å². The third-order valence-corrected chi connectivity index (χ3v) is 3.84. The van der Waals surface area contributed by atoms with E-state index in [1.165, 1.54) is 0 Å². The van der Waals surface area contributed by atoms with Crippen LogP contribution in [0.3, 0.4) is 0 Å². The fraction of sp³-hybridized carbons (Fsp3) is 0.267. The van der Waals surface area contributed by atoms with Crippen molar-refractivity contribution in [3.05, 3.63) is 51.7 Å². The van der Waals surface area contributed by atoms with Gasteiger partial charge >= 0.3 is 0 Å². The monoisotopic (exact) mass is 320 g/mol. The van der Waals surface area contributed by atoms with Crippen LogP contribution in [0.4, 0.5) is 5.82 Å². The summed E-state index contributed by atoms with van der Waals surface area (Å²) in [5, 5.41) is 12.3. The minimum Gasteiger partial charge on any atom is -0.389 e. The molecule has 1 heterocycles. The number of halogens is 1. The van der Waals surface area contributed by atoms with Gasteiger partial charge in [-0.3, -0.25) is 0 Å². The largest absolute Gasteiger partial charge is 0.389 e. The normalized spacial score (nSPS) is 12.0. The SMILES string of the molecule is Cc1nnc(NC(C)c2cccc(Cl)c2)c(C(N)=S)c1C. The van der Waals surface area contributed by atoms with Crippen molar-refractivity contribution in [2.75, 3.05) is 5.32 Å². The number of aryl methyl sites for hydroxylation is 1. The average molecular weight is 321 g/mol. The van der Waals surface area contributed by atoms with E-state index in [-0.39, 0.29) is 6.04 Å². The highest BCUT2D eigenvalue weighted by molar-refractivity contribution is 7.80. The van der Waals surface area contributed by atoms with Crippen LogP contribution in [-0.4, -0.2) is 15.2 Å². The van der Waals surface area contributed by atoms with Crippen LogP contribution in [0.5, 0.6) is 0 Å². The first-order chi connectivity index (χ1) is 9.90. The highest BCUT2D eigenvalue weighted by Gasteiger charge is 2.16. The molecule has 1 aromatic carbocycles. The number of hydrogen-bond acceptors (Lipinski definition) is 4. The van der Waals surface area contributed by atoms with Crippen LogP contribution < -0.4 is 11.1 Å². The van der Waals surface area contributed by atoms with Crippen LogP contribution in [0.25, 0.3) is 0 Å². The zero-order chi connectivity index (χ0) is 15.6. The molecular formula is C15H17ClN4S. The molecule has 0 spiro atoms. The molecule has 21 heavy (non-hydrogen) atoms. The first kappa shape index (κ1) is 15.7. The Hall–Kier alpha value is -1.72. The van der Waals surface area contributed by atoms with E-state index in [0.717, 1.165) is 22.4 Å². The van der Waals surface area contributed by atoms with Crippen LogP contribution in [-0.2, 0) is 0 Å². The number of anilines is 1. The quantitative estimate of drug-likeness (QED) is 0.843. The van der Waals surface area contributed by atoms with Crippen LogP contribution in [0.1, 0.15) is 35.3 Å². The molecule has 1 aromatic heterocycles. The predicted molar refractivity (Wildman–Crippen MR) is 90.9 cm³/mol. The molecule has 1 unspecified atom stereocenters. The molecule has 0 bridgehead atoms. The van der Waals surface area contributed by atoms with E-state index in [1.54, 1.807) is 0 Å². The summed E-state index contributed by atoms with van der Waals surface area (Å²) in [5.41, 5.74) is 9.38. The molecule has 2 rings (SSSR count). The molecule has 0 amide bonds. The van der Waals surface area contributed by atoms with Gasteiger partial charge in [0.25, 0.3) is 0 Å². The van der Waals surface area contributed by atoms with Gasteiger partial charge in [0, 0.05) is 5.02 Å². The number of aromatic nitrogens is 2. The summed E-state index contributed by atoms with van der Waals surface area (Å²) in [6.45, 7) is 5.84. The van der Waals surface area contributed by atoms with E-state index < -0.39 is 0 Å². The number of nitrogens with one attached hydrogen (secondary N) is 1. The molecular weight excluding hydrogens is 304 g/mol. The second-order valence-corrected chi connectivity index (χ2v) is 5.80. The summed E-state index contributed by atoms with van der Waals surface area (Å²) in [7, 11) is 0. The molecule has 6 heteroatoms. The Morgan fingerprint density at radius 2 is 2.05 bits per heavy atom. The first-order valence-electron chi connectivity index (χ1n) is 6.56. The van der Waals surface area contributed by atoms with Crippen molar-refractivity contribution in [1.82, 2.24) is 10.2 Å². The number of hydrogen-bond donors (Lipinski definition) is 2. The number of nitrogens with zero attached hydrogens (tertiary/aromatic N) is 2. The fourth-order valence-corrected chi connectivity index (χ4v) is 2.52. The summed E-state index contributed by atoms with van der Waals surface area (Å²) in [6, 6.07) is 7.67. The molecule has 4 nitrogen and oxygen atoms in total. The molecule has 0 radical (unpaired) electrons. The third-order valence-electron chi connectivity index (χ3n) is 3.40. The van der Waals surface area contributed by atoms with Gasteiger partial charge in [-0.25, -0.2) is 0 Å². The number of rotatable bonds is 4. The van der Waals surface area contributed by atoms with Crippen molar-refractivity contribution >= 4 is 34.6 Å². The van der Waals surface area contributed by atoms with Gasteiger partial charge in [0.2, 0.25) is 0 Å². The number of benzene rings is 1. The molecule has 0 aliphatic rings. The van der Waals surface area contributed by atoms with Crippen LogP contribution >= 0.6 is 23.8 Å². The van der Waals surface area contributed by atoms with E-state index in [0.29, 0.717) is 15.8 Å². The average Bonchev–Trinajstić information content (AvgIpc) is 2.42. The van der Waals surface area contributed by atoms with Crippen LogP contribution in [0.2, 0.25) is 5.02 Å². The Kier molecular flexibility index (Phi) is 4.75. The topological polar surface area (TPSA) is 63.8 Å². The van der Waals surface area contributed by atoms with Crippen molar-refractivity contribution in [1.29, 1.82) is 0 Å². The van der Waals surface area contributed by atoms with E-state index in [1.807, 2.05) is 45.0 Å². The van der Waals surface area contributed by atoms with Gasteiger partial charge in [-0.05, 0) is 44.0 Å². The molecule has 0 saturated carbocycles. The lowest BCUT2D eigenvalue weighted by Crippen LogP contribution is -2.19. The molecule has 0 fully saturated rings. The number of thiocarbonyl (C=S) groups is 1. The molecule has 110 valence electrons. The smallest absolute Gasteiger partial charge is 0.159 e. The molecule has 0 saturated heterocycles. The lowest BCUT2D eigenvalue weighted by molar-refractivity contribution is 0.850. The van der Waals surface area contributed by atoms with Gasteiger partial charge in [-0.15, -0.1) is 5.10 Å². The van der Waals surface area contributed by atoms with Crippen molar-refractivity contribution in [2.45, 2.75) is 26.8 Å². The van der Waals surface area contributed by atoms with Gasteiger partial charge in [-0.1, -0.05) is 36.0 Å². The maximum absolute atomic E-state index is 6.02. The summed E-state index contributed by atoms with van der Waals surface area (Å²) in [5.74, 6) is 0.595. The Bertz CT molecular complexity index is 687. The Morgan fingerprint density at radius 3 is 2.67 bits per heavy atom. The summed E-state index contributed by atoms with van der Waals surface area (Å²) >= 11 is 11.2. The van der Waals surface area contributed by atoms with Crippen LogP contribution in [0.15, 0.2) is 24.3 Å². The summed E-state index contributed by atoms with van der Waals surface area (Å²) in [4.78, 5) is 0.311. The van der Waals surface area contributed by atoms with Gasteiger partial charge in [0.1, 0.15) is 4.99 Å². The lowest BCUT2D eigenvalue weighted by atomic mass is 10.1. The zero-order valence-electron chi connectivity index (χ0n) is 12.1. The van der Waals surface area contributed by atoms with Gasteiger partial charge in [0.05, 0.1) is 17.3 Å². The Labute approximate surface area is 134 Å². The van der Waals surface area contributed by atoms with Crippen LogP contribution in [0, 0.1) is 13.8 Å². The fourth-order valence-electron chi connectivity index (χ4n) is 2.08. The summed E-state index contributed by atoms with van der Waals surface area (Å²) in [6.07, 6.45) is 0. The lowest BCUT2D eigenvalue weighted by Gasteiger charge is -2.18. The standard InChI is InChI=1S/C15H17ClN4S/c1-8-9(2)19-20-15(13(8)14(17)21)18-10(3)11-5-4-6-12(16)7-11/h4-7,10H,1-3H3,(H2,17,21)(H,18,20). The van der Waals surface area contributed by atoms with E-state index in [2.05, 4.69) is 15.5 Å². The van der Waals surface area contributed by atoms with E-state index in [9.17, 15) is 0 Å². The second kappa shape index (κ2) is 6.37. The molecule has 2 aromatic rings. The van der Waals surface area contributed by atoms with Crippen molar-refractivity contribution in [3.63, 3.8) is 0 Å². The van der Waals surface area contributed by atoms with Gasteiger partial charge in [0.15, 0.2) is 5.82 Å². The maximum atomic E-state index is 6.02. The zero-order valence-corrected chi connectivity index (χ0v) is 13.7. The summed E-state index contributed by atoms with van der Waals surface area (Å²) < 4.78 is 0. The second-order valence-electron chi connectivity index (χ2n) is 4.92. The Morgan fingerprint density at radius 1 is 1.33 bits per heavy atom. The molecule has 1 atom stereocenters. The highest BCUT2D eigenvalue weighted by Crippen LogP contribution is 2.24. The van der Waals surface area contributed by atoms with Crippen molar-refractivity contribution in [3.8, 4) is 0 Å². The van der Waals surface area contributed by atoms with Gasteiger partial charge < -0.3 is 11.1 Å².